The largest absolute Gasteiger partial charge is 0.371 e. The van der Waals surface area contributed by atoms with Crippen molar-refractivity contribution in [2.24, 2.45) is 5.92 Å². The number of fused-ring (bicyclic) bond motifs is 1. The molecular formula is C20H29N3O. The second-order valence-corrected chi connectivity index (χ2v) is 7.26. The Labute approximate surface area is 145 Å². The molecule has 0 atom stereocenters. The number of amides is 1. The van der Waals surface area contributed by atoms with E-state index in [1.165, 1.54) is 17.7 Å². The van der Waals surface area contributed by atoms with Crippen LogP contribution in [-0.2, 0) is 11.2 Å². The number of anilines is 1. The van der Waals surface area contributed by atoms with Crippen LogP contribution in [-0.4, -0.2) is 62.5 Å². The van der Waals surface area contributed by atoms with Crippen LogP contribution in [0.1, 0.15) is 18.4 Å². The summed E-state index contributed by atoms with van der Waals surface area (Å²) < 4.78 is 0. The van der Waals surface area contributed by atoms with Gasteiger partial charge in [-0.2, -0.15) is 0 Å². The molecular weight excluding hydrogens is 298 g/mol. The van der Waals surface area contributed by atoms with Crippen molar-refractivity contribution < 1.29 is 4.79 Å². The molecule has 24 heavy (non-hydrogen) atoms. The molecule has 1 fully saturated rings. The molecule has 0 spiro atoms. The van der Waals surface area contributed by atoms with E-state index in [1.54, 1.807) is 6.08 Å². The fourth-order valence-corrected chi connectivity index (χ4v) is 3.71. The Bertz CT molecular complexity index is 588. The van der Waals surface area contributed by atoms with Crippen molar-refractivity contribution >= 4 is 11.6 Å². The molecule has 0 aliphatic carbocycles. The molecule has 130 valence electrons. The zero-order valence-corrected chi connectivity index (χ0v) is 14.9. The summed E-state index contributed by atoms with van der Waals surface area (Å²) in [6.07, 6.45) is 7.09. The number of benzene rings is 1. The van der Waals surface area contributed by atoms with E-state index in [1.807, 2.05) is 25.1 Å². The second kappa shape index (κ2) is 7.84. The van der Waals surface area contributed by atoms with E-state index in [0.717, 1.165) is 45.6 Å². The Morgan fingerprint density at radius 2 is 1.96 bits per heavy atom. The van der Waals surface area contributed by atoms with Gasteiger partial charge in [-0.15, -0.1) is 0 Å². The van der Waals surface area contributed by atoms with Crippen molar-refractivity contribution in [3.05, 3.63) is 42.0 Å². The van der Waals surface area contributed by atoms with Gasteiger partial charge in [0.05, 0.1) is 0 Å². The van der Waals surface area contributed by atoms with E-state index in [9.17, 15) is 4.79 Å². The molecule has 1 saturated heterocycles. The molecule has 0 bridgehead atoms. The first kappa shape index (κ1) is 17.0. The van der Waals surface area contributed by atoms with Crippen molar-refractivity contribution in [2.75, 3.05) is 51.7 Å². The van der Waals surface area contributed by atoms with Gasteiger partial charge in [-0.25, -0.2) is 0 Å². The second-order valence-electron chi connectivity index (χ2n) is 7.26. The summed E-state index contributed by atoms with van der Waals surface area (Å²) in [7, 11) is 4.02. The Hall–Kier alpha value is -1.81. The minimum atomic E-state index is 0.168. The maximum Gasteiger partial charge on any atom is 0.246 e. The molecule has 1 aromatic rings. The number of rotatable bonds is 5. The molecule has 0 aromatic heterocycles. The molecule has 0 N–H and O–H groups in total. The van der Waals surface area contributed by atoms with Crippen LogP contribution in [0.5, 0.6) is 0 Å². The highest BCUT2D eigenvalue weighted by atomic mass is 16.2. The van der Waals surface area contributed by atoms with Crippen molar-refractivity contribution in [3.63, 3.8) is 0 Å². The van der Waals surface area contributed by atoms with Gasteiger partial charge in [-0.3, -0.25) is 4.79 Å². The molecule has 0 saturated carbocycles. The van der Waals surface area contributed by atoms with E-state index >= 15 is 0 Å². The summed E-state index contributed by atoms with van der Waals surface area (Å²) in [6.45, 7) is 4.88. The van der Waals surface area contributed by atoms with Gasteiger partial charge >= 0.3 is 0 Å². The molecule has 3 rings (SSSR count). The van der Waals surface area contributed by atoms with Gasteiger partial charge < -0.3 is 14.7 Å². The first-order valence-electron chi connectivity index (χ1n) is 9.06. The first-order chi connectivity index (χ1) is 11.6. The predicted octanol–water partition coefficient (Wildman–Crippen LogP) is 2.41. The number of nitrogens with zero attached hydrogens (tertiary/aromatic N) is 3. The monoisotopic (exact) mass is 327 g/mol. The van der Waals surface area contributed by atoms with E-state index in [-0.39, 0.29) is 5.91 Å². The van der Waals surface area contributed by atoms with Gasteiger partial charge in [0.15, 0.2) is 0 Å². The van der Waals surface area contributed by atoms with Crippen molar-refractivity contribution in [1.82, 2.24) is 9.80 Å². The minimum Gasteiger partial charge on any atom is -0.371 e. The lowest BCUT2D eigenvalue weighted by molar-refractivity contribution is -0.127. The van der Waals surface area contributed by atoms with Gasteiger partial charge in [0, 0.05) is 44.5 Å². The molecule has 2 heterocycles. The van der Waals surface area contributed by atoms with Gasteiger partial charge in [0.1, 0.15) is 0 Å². The summed E-state index contributed by atoms with van der Waals surface area (Å²) in [5.41, 5.74) is 2.90. The molecule has 2 aliphatic heterocycles. The van der Waals surface area contributed by atoms with Gasteiger partial charge in [-0.1, -0.05) is 24.3 Å². The number of likely N-dealkylation sites (N-methyl/N-ethyl adjacent to an activating group) is 1. The third kappa shape index (κ3) is 4.18. The van der Waals surface area contributed by atoms with Crippen LogP contribution in [0.4, 0.5) is 5.69 Å². The van der Waals surface area contributed by atoms with E-state index in [0.29, 0.717) is 5.92 Å². The Balaban J connectivity index is 1.46. The van der Waals surface area contributed by atoms with E-state index < -0.39 is 0 Å². The lowest BCUT2D eigenvalue weighted by Crippen LogP contribution is -2.40. The molecule has 2 aliphatic rings. The molecule has 0 unspecified atom stereocenters. The van der Waals surface area contributed by atoms with Crippen LogP contribution in [0.25, 0.3) is 0 Å². The van der Waals surface area contributed by atoms with Crippen molar-refractivity contribution in [1.29, 1.82) is 0 Å². The topological polar surface area (TPSA) is 26.8 Å². The number of para-hydroxylation sites is 1. The summed E-state index contributed by atoms with van der Waals surface area (Å²) in [4.78, 5) is 18.8. The fraction of sp³-hybridized carbons (Fsp3) is 0.550. The highest BCUT2D eigenvalue weighted by Crippen LogP contribution is 2.30. The number of carbonyl (C=O) groups excluding carboxylic acids is 1. The highest BCUT2D eigenvalue weighted by Gasteiger charge is 2.26. The van der Waals surface area contributed by atoms with Crippen LogP contribution in [0, 0.1) is 5.92 Å². The Morgan fingerprint density at radius 1 is 1.21 bits per heavy atom. The fourth-order valence-electron chi connectivity index (χ4n) is 3.71. The van der Waals surface area contributed by atoms with Crippen LogP contribution < -0.4 is 4.90 Å². The summed E-state index contributed by atoms with van der Waals surface area (Å²) in [5.74, 6) is 0.868. The lowest BCUT2D eigenvalue weighted by Gasteiger charge is -2.34. The maximum atomic E-state index is 12.2. The third-order valence-electron chi connectivity index (χ3n) is 5.12. The summed E-state index contributed by atoms with van der Waals surface area (Å²) in [5, 5.41) is 0. The predicted molar refractivity (Wildman–Crippen MR) is 99.4 cm³/mol. The molecule has 4 heteroatoms. The Morgan fingerprint density at radius 3 is 2.71 bits per heavy atom. The standard InChI is InChI=1S/C20H29N3O/c1-21(2)12-5-8-20(24)22-13-9-17(10-14-22)16-23-15-11-18-6-3-4-7-19(18)23/h3-8,17H,9-16H2,1-2H3/b8-5+. The highest BCUT2D eigenvalue weighted by molar-refractivity contribution is 5.87. The molecule has 1 aromatic carbocycles. The third-order valence-corrected chi connectivity index (χ3v) is 5.12. The zero-order valence-electron chi connectivity index (χ0n) is 14.9. The SMILES string of the molecule is CN(C)C/C=C/C(=O)N1CCC(CN2CCc3ccccc32)CC1. The van der Waals surface area contributed by atoms with Crippen LogP contribution in [0.3, 0.4) is 0 Å². The van der Waals surface area contributed by atoms with Crippen molar-refractivity contribution in [2.45, 2.75) is 19.3 Å². The Kier molecular flexibility index (Phi) is 5.56. The van der Waals surface area contributed by atoms with Gasteiger partial charge in [-0.05, 0) is 50.9 Å². The molecule has 0 radical (unpaired) electrons. The number of piperidine rings is 1. The maximum absolute atomic E-state index is 12.2. The van der Waals surface area contributed by atoms with E-state index in [4.69, 9.17) is 0 Å². The first-order valence-corrected chi connectivity index (χ1v) is 9.06. The smallest absolute Gasteiger partial charge is 0.246 e. The normalized spacial score (nSPS) is 18.6. The lowest BCUT2D eigenvalue weighted by atomic mass is 9.96. The number of likely N-dealkylation sites (tertiary alicyclic amines) is 1. The van der Waals surface area contributed by atoms with Gasteiger partial charge in [0.2, 0.25) is 5.91 Å². The number of hydrogen-bond donors (Lipinski definition) is 0. The molecule has 1 amide bonds. The zero-order chi connectivity index (χ0) is 16.9. The van der Waals surface area contributed by atoms with Crippen LogP contribution in [0.2, 0.25) is 0 Å². The van der Waals surface area contributed by atoms with Crippen molar-refractivity contribution in [3.8, 4) is 0 Å². The average molecular weight is 327 g/mol. The summed E-state index contributed by atoms with van der Waals surface area (Å²) >= 11 is 0. The van der Waals surface area contributed by atoms with E-state index in [2.05, 4.69) is 34.1 Å². The van der Waals surface area contributed by atoms with Crippen LogP contribution in [0.15, 0.2) is 36.4 Å². The average Bonchev–Trinajstić information content (AvgIpc) is 2.98. The van der Waals surface area contributed by atoms with Crippen LogP contribution >= 0.6 is 0 Å². The quantitative estimate of drug-likeness (QED) is 0.777. The number of carbonyl (C=O) groups is 1. The number of hydrogen-bond acceptors (Lipinski definition) is 3. The minimum absolute atomic E-state index is 0.168. The summed E-state index contributed by atoms with van der Waals surface area (Å²) in [6, 6.07) is 8.77. The molecule has 4 nitrogen and oxygen atoms in total. The van der Waals surface area contributed by atoms with Gasteiger partial charge in [0.25, 0.3) is 0 Å².